The minimum Gasteiger partial charge on any atom is -0.396 e. The molecule has 1 unspecified atom stereocenters. The van der Waals surface area contributed by atoms with Crippen LogP contribution in [0.5, 0.6) is 0 Å². The Morgan fingerprint density at radius 1 is 1.21 bits per heavy atom. The number of rotatable bonds is 8. The Hall–Kier alpha value is -1.06. The van der Waals surface area contributed by atoms with E-state index in [9.17, 15) is 0 Å². The third-order valence-corrected chi connectivity index (χ3v) is 3.56. The maximum Gasteiger partial charge on any atom is 0.0447 e. The van der Waals surface area contributed by atoms with Gasteiger partial charge < -0.3 is 15.3 Å². The summed E-state index contributed by atoms with van der Waals surface area (Å²) >= 11 is 0. The second kappa shape index (κ2) is 8.18. The summed E-state index contributed by atoms with van der Waals surface area (Å²) in [6, 6.07) is 9.66. The zero-order chi connectivity index (χ0) is 14.3. The summed E-state index contributed by atoms with van der Waals surface area (Å²) in [5.74, 6) is 0. The van der Waals surface area contributed by atoms with E-state index in [1.807, 2.05) is 7.05 Å². The molecule has 0 spiro atoms. The fraction of sp³-hybridized carbons (Fsp3) is 0.625. The number of aliphatic hydroxyl groups excluding tert-OH is 1. The smallest absolute Gasteiger partial charge is 0.0447 e. The molecular weight excluding hydrogens is 236 g/mol. The highest BCUT2D eigenvalue weighted by molar-refractivity contribution is 5.48. The molecule has 0 bridgehead atoms. The Kier molecular flexibility index (Phi) is 6.89. The van der Waals surface area contributed by atoms with Gasteiger partial charge in [0.1, 0.15) is 0 Å². The zero-order valence-corrected chi connectivity index (χ0v) is 12.7. The van der Waals surface area contributed by atoms with Crippen LogP contribution in [0, 0.1) is 0 Å². The van der Waals surface area contributed by atoms with Crippen LogP contribution in [-0.4, -0.2) is 31.3 Å². The van der Waals surface area contributed by atoms with Gasteiger partial charge >= 0.3 is 0 Å². The Bertz CT molecular complexity index is 344. The molecule has 0 aromatic heterocycles. The van der Waals surface area contributed by atoms with E-state index in [1.54, 1.807) is 0 Å². The number of nitrogens with one attached hydrogen (secondary N) is 1. The summed E-state index contributed by atoms with van der Waals surface area (Å²) < 4.78 is 0. The Balaban J connectivity index is 2.82. The summed E-state index contributed by atoms with van der Waals surface area (Å²) in [6.07, 6.45) is 1.91. The molecule has 1 aromatic carbocycles. The average Bonchev–Trinajstić information content (AvgIpc) is 2.42. The summed E-state index contributed by atoms with van der Waals surface area (Å²) in [6.45, 7) is 7.72. The molecule has 1 aromatic rings. The van der Waals surface area contributed by atoms with Crippen LogP contribution in [0.3, 0.4) is 0 Å². The van der Waals surface area contributed by atoms with Crippen molar-refractivity contribution in [3.8, 4) is 0 Å². The summed E-state index contributed by atoms with van der Waals surface area (Å²) in [7, 11) is 2.00. The lowest BCUT2D eigenvalue weighted by Crippen LogP contribution is -2.32. The lowest BCUT2D eigenvalue weighted by molar-refractivity contribution is 0.288. The lowest BCUT2D eigenvalue weighted by Gasteiger charge is -2.29. The molecule has 0 aliphatic carbocycles. The highest BCUT2D eigenvalue weighted by Crippen LogP contribution is 2.22. The van der Waals surface area contributed by atoms with Gasteiger partial charge in [0, 0.05) is 30.9 Å². The topological polar surface area (TPSA) is 35.5 Å². The van der Waals surface area contributed by atoms with Crippen molar-refractivity contribution >= 4 is 5.69 Å². The molecule has 0 aliphatic rings. The summed E-state index contributed by atoms with van der Waals surface area (Å²) in [5, 5.41) is 12.3. The van der Waals surface area contributed by atoms with E-state index in [0.29, 0.717) is 12.1 Å². The lowest BCUT2D eigenvalue weighted by atomic mass is 10.0. The fourth-order valence-electron chi connectivity index (χ4n) is 2.43. The van der Waals surface area contributed by atoms with Gasteiger partial charge in [0.15, 0.2) is 0 Å². The number of benzene rings is 1. The summed E-state index contributed by atoms with van der Waals surface area (Å²) in [5.41, 5.74) is 2.57. The molecule has 1 rings (SSSR count). The highest BCUT2D eigenvalue weighted by atomic mass is 16.3. The molecule has 19 heavy (non-hydrogen) atoms. The van der Waals surface area contributed by atoms with Gasteiger partial charge in [-0.25, -0.2) is 0 Å². The Morgan fingerprint density at radius 2 is 1.84 bits per heavy atom. The van der Waals surface area contributed by atoms with E-state index >= 15 is 0 Å². The fourth-order valence-corrected chi connectivity index (χ4v) is 2.43. The maximum absolute atomic E-state index is 8.99. The monoisotopic (exact) mass is 264 g/mol. The van der Waals surface area contributed by atoms with Crippen molar-refractivity contribution in [2.24, 2.45) is 0 Å². The van der Waals surface area contributed by atoms with Crippen LogP contribution in [0.15, 0.2) is 24.3 Å². The zero-order valence-electron chi connectivity index (χ0n) is 12.7. The summed E-state index contributed by atoms with van der Waals surface area (Å²) in [4.78, 5) is 2.33. The van der Waals surface area contributed by atoms with Crippen LogP contribution in [0.25, 0.3) is 0 Å². The first kappa shape index (κ1) is 16.0. The van der Waals surface area contributed by atoms with E-state index in [0.717, 1.165) is 19.4 Å². The Labute approximate surface area is 117 Å². The molecule has 0 saturated heterocycles. The van der Waals surface area contributed by atoms with Crippen LogP contribution in [-0.2, 0) is 0 Å². The van der Waals surface area contributed by atoms with Crippen molar-refractivity contribution in [3.63, 3.8) is 0 Å². The number of anilines is 1. The molecule has 2 N–H and O–H groups in total. The van der Waals surface area contributed by atoms with Crippen LogP contribution in [0.4, 0.5) is 5.69 Å². The van der Waals surface area contributed by atoms with Gasteiger partial charge in [-0.3, -0.25) is 0 Å². The van der Waals surface area contributed by atoms with Crippen LogP contribution >= 0.6 is 0 Å². The van der Waals surface area contributed by atoms with Crippen LogP contribution in [0.1, 0.15) is 45.2 Å². The second-order valence-corrected chi connectivity index (χ2v) is 5.21. The number of hydrogen-bond acceptors (Lipinski definition) is 3. The van der Waals surface area contributed by atoms with E-state index in [4.69, 9.17) is 5.11 Å². The van der Waals surface area contributed by atoms with Gasteiger partial charge in [-0.05, 0) is 51.4 Å². The van der Waals surface area contributed by atoms with Crippen LogP contribution < -0.4 is 10.2 Å². The van der Waals surface area contributed by atoms with Crippen molar-refractivity contribution in [1.82, 2.24) is 5.32 Å². The van der Waals surface area contributed by atoms with E-state index in [-0.39, 0.29) is 6.61 Å². The van der Waals surface area contributed by atoms with Crippen molar-refractivity contribution in [3.05, 3.63) is 29.8 Å². The molecule has 108 valence electrons. The largest absolute Gasteiger partial charge is 0.396 e. The molecular formula is C16H28N2O. The Morgan fingerprint density at radius 3 is 2.26 bits per heavy atom. The van der Waals surface area contributed by atoms with Gasteiger partial charge in [0.05, 0.1) is 0 Å². The standard InChI is InChI=1S/C16H28N2O/c1-5-16(17-4)14-7-9-15(10-8-14)18(13(2)3)11-6-12-19/h7-10,13,16-17,19H,5-6,11-12H2,1-4H3. The molecule has 0 fully saturated rings. The quantitative estimate of drug-likeness (QED) is 0.758. The van der Waals surface area contributed by atoms with Crippen molar-refractivity contribution in [2.45, 2.75) is 45.7 Å². The van der Waals surface area contributed by atoms with Crippen LogP contribution in [0.2, 0.25) is 0 Å². The van der Waals surface area contributed by atoms with Gasteiger partial charge in [-0.1, -0.05) is 19.1 Å². The molecule has 0 saturated carbocycles. The third kappa shape index (κ3) is 4.51. The van der Waals surface area contributed by atoms with Crippen molar-refractivity contribution in [1.29, 1.82) is 0 Å². The first-order valence-electron chi connectivity index (χ1n) is 7.28. The molecule has 0 amide bonds. The highest BCUT2D eigenvalue weighted by Gasteiger charge is 2.11. The van der Waals surface area contributed by atoms with E-state index in [1.165, 1.54) is 11.3 Å². The number of nitrogens with zero attached hydrogens (tertiary/aromatic N) is 1. The number of hydrogen-bond donors (Lipinski definition) is 2. The molecule has 1 atom stereocenters. The molecule has 0 radical (unpaired) electrons. The molecule has 0 aliphatic heterocycles. The molecule has 3 nitrogen and oxygen atoms in total. The first-order chi connectivity index (χ1) is 9.13. The maximum atomic E-state index is 8.99. The number of aliphatic hydroxyl groups is 1. The van der Waals surface area contributed by atoms with Crippen molar-refractivity contribution in [2.75, 3.05) is 25.1 Å². The van der Waals surface area contributed by atoms with E-state index < -0.39 is 0 Å². The third-order valence-electron chi connectivity index (χ3n) is 3.56. The predicted molar refractivity (Wildman–Crippen MR) is 82.7 cm³/mol. The average molecular weight is 264 g/mol. The predicted octanol–water partition coefficient (Wildman–Crippen LogP) is 2.95. The SMILES string of the molecule is CCC(NC)c1ccc(N(CCCO)C(C)C)cc1. The first-order valence-corrected chi connectivity index (χ1v) is 7.28. The van der Waals surface area contributed by atoms with Gasteiger partial charge in [-0.15, -0.1) is 0 Å². The molecule has 3 heteroatoms. The van der Waals surface area contributed by atoms with Gasteiger partial charge in [-0.2, -0.15) is 0 Å². The van der Waals surface area contributed by atoms with Crippen molar-refractivity contribution < 1.29 is 5.11 Å². The van der Waals surface area contributed by atoms with E-state index in [2.05, 4.69) is 55.3 Å². The normalized spacial score (nSPS) is 12.7. The minimum atomic E-state index is 0.249. The van der Waals surface area contributed by atoms with Gasteiger partial charge in [0.25, 0.3) is 0 Å². The van der Waals surface area contributed by atoms with Gasteiger partial charge in [0.2, 0.25) is 0 Å². The minimum absolute atomic E-state index is 0.249. The molecule has 0 heterocycles. The second-order valence-electron chi connectivity index (χ2n) is 5.21.